The van der Waals surface area contributed by atoms with Crippen LogP contribution in [0.3, 0.4) is 0 Å². The fourth-order valence-electron chi connectivity index (χ4n) is 5.74. The quantitative estimate of drug-likeness (QED) is 0.0659. The van der Waals surface area contributed by atoms with Crippen molar-refractivity contribution in [2.75, 3.05) is 0 Å². The summed E-state index contributed by atoms with van der Waals surface area (Å²) in [6.07, 6.45) is 0. The molecule has 0 unspecified atom stereocenters. The van der Waals surface area contributed by atoms with E-state index in [0.29, 0.717) is 10.5 Å². The lowest BCUT2D eigenvalue weighted by atomic mass is 10.0. The average Bonchev–Trinajstić information content (AvgIpc) is 3.68. The molecular weight excluding hydrogens is 757 g/mol. The highest BCUT2D eigenvalue weighted by molar-refractivity contribution is 8.01. The lowest BCUT2D eigenvalue weighted by molar-refractivity contribution is -0.677. The lowest BCUT2D eigenvalue weighted by Crippen LogP contribution is -2.28. The molecule has 268 valence electrons. The molecule has 0 spiro atoms. The van der Waals surface area contributed by atoms with Gasteiger partial charge in [-0.25, -0.2) is 0 Å². The Morgan fingerprint density at radius 3 is 0.962 bits per heavy atom. The molecule has 8 rings (SSSR count). The molecule has 6 aromatic carbocycles. The molecule has 0 fully saturated rings. The van der Waals surface area contributed by atoms with E-state index in [2.05, 4.69) is 193 Å². The number of benzene rings is 6. The van der Waals surface area contributed by atoms with Gasteiger partial charge >= 0.3 is 0 Å². The highest BCUT2D eigenvalue weighted by Gasteiger charge is 2.25. The van der Waals surface area contributed by atoms with E-state index in [1.165, 1.54) is 51.4 Å². The first-order valence-corrected chi connectivity index (χ1v) is 21.3. The fraction of sp³-hybridized carbons (Fsp3) is 0.0952. The van der Waals surface area contributed by atoms with Crippen LogP contribution >= 0.6 is 46.2 Å². The summed E-state index contributed by atoms with van der Waals surface area (Å²) in [6.45, 7) is 0. The lowest BCUT2D eigenvalue weighted by Gasteiger charge is -2.15. The second-order valence-corrected chi connectivity index (χ2v) is 17.4. The van der Waals surface area contributed by atoms with Gasteiger partial charge in [0, 0.05) is 22.5 Å². The molecule has 0 aliphatic carbocycles. The van der Waals surface area contributed by atoms with Crippen molar-refractivity contribution in [3.05, 3.63) is 192 Å². The minimum absolute atomic E-state index is 0.298. The number of nitrogens with zero attached hydrogens (tertiary/aromatic N) is 2. The topological polar surface area (TPSA) is 88.0 Å². The van der Waals surface area contributed by atoms with Crippen molar-refractivity contribution in [1.82, 2.24) is 0 Å². The Morgan fingerprint density at radius 1 is 0.453 bits per heavy atom. The first kappa shape index (κ1) is 38.4. The molecule has 2 heterocycles. The Morgan fingerprint density at radius 2 is 0.698 bits per heavy atom. The second-order valence-electron chi connectivity index (χ2n) is 11.8. The van der Waals surface area contributed by atoms with Gasteiger partial charge in [-0.2, -0.15) is 9.13 Å². The van der Waals surface area contributed by atoms with E-state index in [0.717, 1.165) is 0 Å². The molecule has 6 nitrogen and oxygen atoms in total. The maximum atomic E-state index is 8.52. The van der Waals surface area contributed by atoms with Crippen LogP contribution in [0.1, 0.15) is 32.8 Å². The Hall–Kier alpha value is -4.33. The number of thiazole rings is 2. The van der Waals surface area contributed by atoms with Gasteiger partial charge in [-0.15, -0.1) is 0 Å². The van der Waals surface area contributed by atoms with E-state index in [9.17, 15) is 0 Å². The largest absolute Gasteiger partial charge is 0.759 e. The van der Waals surface area contributed by atoms with Crippen LogP contribution in [-0.2, 0) is 24.5 Å². The number of aromatic nitrogens is 2. The van der Waals surface area contributed by atoms with Gasteiger partial charge in [-0.1, -0.05) is 168 Å². The molecule has 53 heavy (non-hydrogen) atoms. The van der Waals surface area contributed by atoms with Crippen molar-refractivity contribution in [1.29, 1.82) is 0 Å². The van der Waals surface area contributed by atoms with Crippen LogP contribution < -0.4 is 9.13 Å². The van der Waals surface area contributed by atoms with E-state index in [-0.39, 0.29) is 0 Å². The van der Waals surface area contributed by atoms with Crippen LogP contribution in [0.15, 0.2) is 179 Å². The van der Waals surface area contributed by atoms with Crippen LogP contribution in [0.5, 0.6) is 0 Å². The molecule has 8 aromatic rings. The third kappa shape index (κ3) is 10.4. The van der Waals surface area contributed by atoms with Gasteiger partial charge in [0.25, 0.3) is 8.68 Å². The number of aryl methyl sites for hydroxylation is 2. The summed E-state index contributed by atoms with van der Waals surface area (Å²) >= 11 is 7.59. The van der Waals surface area contributed by atoms with Gasteiger partial charge in [0.1, 0.15) is 23.5 Å². The van der Waals surface area contributed by atoms with E-state index >= 15 is 0 Å². The summed E-state index contributed by atoms with van der Waals surface area (Å²) in [4.78, 5) is 0. The van der Waals surface area contributed by atoms with E-state index in [4.69, 9.17) is 17.5 Å². The number of thioether (sulfide) groups is 2. The van der Waals surface area contributed by atoms with Crippen molar-refractivity contribution < 1.29 is 26.7 Å². The van der Waals surface area contributed by atoms with Gasteiger partial charge in [0.15, 0.2) is 0 Å². The molecule has 0 radical (unpaired) electrons. The Balaban J connectivity index is 0.000000161. The minimum atomic E-state index is -5.17. The van der Waals surface area contributed by atoms with Gasteiger partial charge in [-0.3, -0.25) is 8.42 Å². The molecule has 0 saturated heterocycles. The van der Waals surface area contributed by atoms with Crippen LogP contribution in [0, 0.1) is 0 Å². The van der Waals surface area contributed by atoms with Gasteiger partial charge in [0.2, 0.25) is 11.0 Å². The normalized spacial score (nSPS) is 11.3. The molecular formula is C42H36N2O4S5. The average molecular weight is 793 g/mol. The Kier molecular flexibility index (Phi) is 13.1. The molecule has 0 aliphatic rings. The van der Waals surface area contributed by atoms with Crippen LogP contribution in [-0.4, -0.2) is 17.5 Å². The number of fused-ring (bicyclic) bond motifs is 2. The third-order valence-corrected chi connectivity index (χ3v) is 13.9. The zero-order valence-electron chi connectivity index (χ0n) is 28.9. The molecule has 0 amide bonds. The van der Waals surface area contributed by atoms with Gasteiger partial charge in [-0.05, 0) is 57.9 Å². The van der Waals surface area contributed by atoms with Gasteiger partial charge in [0.05, 0.1) is 10.5 Å². The smallest absolute Gasteiger partial charge is 0.299 e. The summed E-state index contributed by atoms with van der Waals surface area (Å²) in [5.74, 6) is 0. The van der Waals surface area contributed by atoms with Crippen LogP contribution in [0.4, 0.5) is 0 Å². The summed E-state index contributed by atoms with van der Waals surface area (Å²) < 4.78 is 44.0. The molecule has 0 N–H and O–H groups in total. The standard InChI is InChI=1S/2C21H18NS2.H2O4S/c2*1-22-18-14-8-9-15-19(18)23-21(22)24-20(16-10-4-2-5-11-16)17-12-6-3-7-13-17;1-5(2,3)4/h2*2-15,20H,1H3;(H2,1,2,3,4)/q2*+1;/p-2. The highest BCUT2D eigenvalue weighted by atomic mass is 32.3. The molecule has 2 aromatic heterocycles. The maximum Gasteiger partial charge on any atom is 0.299 e. The number of rotatable bonds is 8. The van der Waals surface area contributed by atoms with Crippen molar-refractivity contribution in [2.45, 2.75) is 19.2 Å². The van der Waals surface area contributed by atoms with Gasteiger partial charge < -0.3 is 9.11 Å². The van der Waals surface area contributed by atoms with Crippen molar-refractivity contribution in [2.24, 2.45) is 14.1 Å². The van der Waals surface area contributed by atoms with Crippen molar-refractivity contribution in [3.8, 4) is 0 Å². The predicted octanol–water partition coefficient (Wildman–Crippen LogP) is 9.88. The summed E-state index contributed by atoms with van der Waals surface area (Å²) in [5.41, 5.74) is 7.95. The van der Waals surface area contributed by atoms with E-state index < -0.39 is 10.4 Å². The monoisotopic (exact) mass is 792 g/mol. The molecule has 0 aliphatic heterocycles. The summed E-state index contributed by atoms with van der Waals surface area (Å²) in [7, 11) is -0.845. The molecule has 11 heteroatoms. The zero-order valence-corrected chi connectivity index (χ0v) is 33.0. The van der Waals surface area contributed by atoms with Crippen molar-refractivity contribution >= 4 is 77.0 Å². The number of para-hydroxylation sites is 2. The van der Waals surface area contributed by atoms with E-state index in [1.54, 1.807) is 0 Å². The maximum absolute atomic E-state index is 8.52. The summed E-state index contributed by atoms with van der Waals surface area (Å²) in [6, 6.07) is 60.3. The number of hydrogen-bond donors (Lipinski definition) is 0. The molecule has 0 atom stereocenters. The SMILES string of the molecule is C[n+]1c(SC(c2ccccc2)c2ccccc2)sc2ccccc21.C[n+]1c(SC(c2ccccc2)c2ccccc2)sc2ccccc21.O=S(=O)([O-])[O-]. The third-order valence-electron chi connectivity index (χ3n) is 8.24. The summed E-state index contributed by atoms with van der Waals surface area (Å²) in [5, 5.41) is 0.596. The minimum Gasteiger partial charge on any atom is -0.759 e. The predicted molar refractivity (Wildman–Crippen MR) is 218 cm³/mol. The molecule has 0 bridgehead atoms. The van der Waals surface area contributed by atoms with E-state index in [1.807, 2.05) is 46.2 Å². The molecule has 0 saturated carbocycles. The van der Waals surface area contributed by atoms with Crippen LogP contribution in [0.25, 0.3) is 20.4 Å². The second kappa shape index (κ2) is 18.1. The Labute approximate surface area is 327 Å². The van der Waals surface area contributed by atoms with Crippen molar-refractivity contribution in [3.63, 3.8) is 0 Å². The highest BCUT2D eigenvalue weighted by Crippen LogP contribution is 2.43. The Bertz CT molecular complexity index is 2230. The first-order chi connectivity index (χ1) is 25.7. The fourth-order valence-corrected chi connectivity index (χ4v) is 11.1. The first-order valence-electron chi connectivity index (χ1n) is 16.6. The number of hydrogen-bond acceptors (Lipinski definition) is 8. The zero-order chi connectivity index (χ0) is 37.2. The van der Waals surface area contributed by atoms with Crippen LogP contribution in [0.2, 0.25) is 0 Å².